The normalized spacial score (nSPS) is 12.2. The number of aromatic nitrogens is 2. The Labute approximate surface area is 90.9 Å². The summed E-state index contributed by atoms with van der Waals surface area (Å²) in [6.07, 6.45) is 4.28. The second-order valence-corrected chi connectivity index (χ2v) is 4.68. The topological polar surface area (TPSA) is 17.8 Å². The summed E-state index contributed by atoms with van der Waals surface area (Å²) in [5.41, 5.74) is 1.34. The number of hydrogen-bond donors (Lipinski definition) is 0. The lowest BCUT2D eigenvalue weighted by Gasteiger charge is -2.25. The Morgan fingerprint density at radius 3 is 2.73 bits per heavy atom. The first-order chi connectivity index (χ1) is 7.15. The van der Waals surface area contributed by atoms with Gasteiger partial charge in [-0.2, -0.15) is 5.10 Å². The van der Waals surface area contributed by atoms with E-state index < -0.39 is 0 Å². The van der Waals surface area contributed by atoms with E-state index in [1.807, 2.05) is 6.20 Å². The SMILES string of the molecule is CCCC(C)(C)n1ncc2ccccc21. The van der Waals surface area contributed by atoms with Gasteiger partial charge in [0.05, 0.1) is 17.3 Å². The highest BCUT2D eigenvalue weighted by Crippen LogP contribution is 2.25. The van der Waals surface area contributed by atoms with Gasteiger partial charge in [-0.3, -0.25) is 4.68 Å². The average Bonchev–Trinajstić information content (AvgIpc) is 2.61. The molecule has 0 aliphatic rings. The van der Waals surface area contributed by atoms with Gasteiger partial charge < -0.3 is 0 Å². The molecule has 1 aromatic carbocycles. The van der Waals surface area contributed by atoms with Crippen molar-refractivity contribution in [1.82, 2.24) is 9.78 Å². The Hall–Kier alpha value is -1.31. The largest absolute Gasteiger partial charge is 0.259 e. The van der Waals surface area contributed by atoms with E-state index in [1.54, 1.807) is 0 Å². The Kier molecular flexibility index (Phi) is 2.51. The molecule has 0 fully saturated rings. The highest BCUT2D eigenvalue weighted by molar-refractivity contribution is 5.78. The summed E-state index contributed by atoms with van der Waals surface area (Å²) in [5, 5.41) is 5.73. The molecule has 2 aromatic rings. The van der Waals surface area contributed by atoms with E-state index in [0.29, 0.717) is 0 Å². The van der Waals surface area contributed by atoms with Gasteiger partial charge in [-0.05, 0) is 26.3 Å². The molecule has 0 bridgehead atoms. The highest BCUT2D eigenvalue weighted by Gasteiger charge is 2.21. The van der Waals surface area contributed by atoms with E-state index in [9.17, 15) is 0 Å². The summed E-state index contributed by atoms with van der Waals surface area (Å²) in [5.74, 6) is 0. The number of rotatable bonds is 3. The predicted octanol–water partition coefficient (Wildman–Crippen LogP) is 3.57. The zero-order valence-electron chi connectivity index (χ0n) is 9.70. The van der Waals surface area contributed by atoms with Crippen molar-refractivity contribution in [2.45, 2.75) is 39.2 Å². The van der Waals surface area contributed by atoms with Gasteiger partial charge in [-0.15, -0.1) is 0 Å². The standard InChI is InChI=1S/C13H18N2/c1-4-9-13(2,3)15-12-8-6-5-7-11(12)10-14-15/h5-8,10H,4,9H2,1-3H3. The molecular weight excluding hydrogens is 184 g/mol. The maximum absolute atomic E-state index is 4.50. The molecule has 0 saturated heterocycles. The van der Waals surface area contributed by atoms with Crippen molar-refractivity contribution < 1.29 is 0 Å². The lowest BCUT2D eigenvalue weighted by Crippen LogP contribution is -2.26. The molecule has 2 nitrogen and oxygen atoms in total. The van der Waals surface area contributed by atoms with Gasteiger partial charge in [-0.1, -0.05) is 31.5 Å². The molecule has 1 aromatic heterocycles. The molecule has 0 N–H and O–H groups in total. The first-order valence-corrected chi connectivity index (χ1v) is 5.58. The molecule has 1 heterocycles. The van der Waals surface area contributed by atoms with Crippen molar-refractivity contribution in [1.29, 1.82) is 0 Å². The molecular formula is C13H18N2. The third-order valence-electron chi connectivity index (χ3n) is 2.91. The zero-order valence-corrected chi connectivity index (χ0v) is 9.70. The minimum atomic E-state index is 0.109. The summed E-state index contributed by atoms with van der Waals surface area (Å²) in [4.78, 5) is 0. The lowest BCUT2D eigenvalue weighted by atomic mass is 9.99. The average molecular weight is 202 g/mol. The van der Waals surface area contributed by atoms with E-state index in [2.05, 4.69) is 54.8 Å². The Balaban J connectivity index is 2.52. The van der Waals surface area contributed by atoms with Gasteiger partial charge >= 0.3 is 0 Å². The molecule has 0 saturated carbocycles. The number of hydrogen-bond acceptors (Lipinski definition) is 1. The summed E-state index contributed by atoms with van der Waals surface area (Å²) in [6, 6.07) is 8.38. The van der Waals surface area contributed by atoms with E-state index in [-0.39, 0.29) is 5.54 Å². The van der Waals surface area contributed by atoms with Crippen molar-refractivity contribution in [3.8, 4) is 0 Å². The van der Waals surface area contributed by atoms with Crippen molar-refractivity contribution in [2.24, 2.45) is 0 Å². The van der Waals surface area contributed by atoms with Gasteiger partial charge in [0.1, 0.15) is 0 Å². The van der Waals surface area contributed by atoms with Gasteiger partial charge in [0, 0.05) is 5.39 Å². The zero-order chi connectivity index (χ0) is 10.9. The van der Waals surface area contributed by atoms with Crippen molar-refractivity contribution in [2.75, 3.05) is 0 Å². The lowest BCUT2D eigenvalue weighted by molar-refractivity contribution is 0.303. The fourth-order valence-corrected chi connectivity index (χ4v) is 2.17. The molecule has 0 aliphatic carbocycles. The van der Waals surface area contributed by atoms with E-state index in [1.165, 1.54) is 17.3 Å². The first-order valence-electron chi connectivity index (χ1n) is 5.58. The third kappa shape index (κ3) is 1.76. The van der Waals surface area contributed by atoms with Crippen LogP contribution in [0.4, 0.5) is 0 Å². The number of fused-ring (bicyclic) bond motifs is 1. The summed E-state index contributed by atoms with van der Waals surface area (Å²) >= 11 is 0. The van der Waals surface area contributed by atoms with Crippen LogP contribution in [0, 0.1) is 0 Å². The van der Waals surface area contributed by atoms with Crippen molar-refractivity contribution in [3.05, 3.63) is 30.5 Å². The van der Waals surface area contributed by atoms with Crippen LogP contribution in [0.25, 0.3) is 10.9 Å². The number of nitrogens with zero attached hydrogens (tertiary/aromatic N) is 2. The van der Waals surface area contributed by atoms with Crippen molar-refractivity contribution in [3.63, 3.8) is 0 Å². The van der Waals surface area contributed by atoms with Crippen molar-refractivity contribution >= 4 is 10.9 Å². The van der Waals surface area contributed by atoms with Gasteiger partial charge in [0.15, 0.2) is 0 Å². The summed E-state index contributed by atoms with van der Waals surface area (Å²) in [7, 11) is 0. The fourth-order valence-electron chi connectivity index (χ4n) is 2.17. The Morgan fingerprint density at radius 2 is 2.00 bits per heavy atom. The minimum Gasteiger partial charge on any atom is -0.259 e. The van der Waals surface area contributed by atoms with Crippen LogP contribution in [0.2, 0.25) is 0 Å². The van der Waals surface area contributed by atoms with Gasteiger partial charge in [0.2, 0.25) is 0 Å². The van der Waals surface area contributed by atoms with Crippen LogP contribution in [0.3, 0.4) is 0 Å². The summed E-state index contributed by atoms with van der Waals surface area (Å²) in [6.45, 7) is 6.71. The van der Waals surface area contributed by atoms with E-state index in [4.69, 9.17) is 0 Å². The van der Waals surface area contributed by atoms with Gasteiger partial charge in [0.25, 0.3) is 0 Å². The monoisotopic (exact) mass is 202 g/mol. The summed E-state index contributed by atoms with van der Waals surface area (Å²) < 4.78 is 2.14. The van der Waals surface area contributed by atoms with Crippen LogP contribution in [0.1, 0.15) is 33.6 Å². The third-order valence-corrected chi connectivity index (χ3v) is 2.91. The van der Waals surface area contributed by atoms with Gasteiger partial charge in [-0.25, -0.2) is 0 Å². The maximum atomic E-state index is 4.50. The quantitative estimate of drug-likeness (QED) is 0.744. The maximum Gasteiger partial charge on any atom is 0.0688 e. The Bertz CT molecular complexity index is 454. The molecule has 0 atom stereocenters. The molecule has 0 unspecified atom stereocenters. The minimum absolute atomic E-state index is 0.109. The van der Waals surface area contributed by atoms with Crippen LogP contribution in [0.15, 0.2) is 30.5 Å². The van der Waals surface area contributed by atoms with Crippen LogP contribution in [-0.2, 0) is 5.54 Å². The highest BCUT2D eigenvalue weighted by atomic mass is 15.3. The number of para-hydroxylation sites is 1. The second-order valence-electron chi connectivity index (χ2n) is 4.68. The molecule has 2 rings (SSSR count). The van der Waals surface area contributed by atoms with E-state index in [0.717, 1.165) is 6.42 Å². The molecule has 80 valence electrons. The molecule has 0 aliphatic heterocycles. The first kappa shape index (κ1) is 10.2. The molecule has 15 heavy (non-hydrogen) atoms. The molecule has 0 radical (unpaired) electrons. The molecule has 0 spiro atoms. The van der Waals surface area contributed by atoms with E-state index >= 15 is 0 Å². The predicted molar refractivity (Wildman–Crippen MR) is 64.0 cm³/mol. The van der Waals surface area contributed by atoms with Crippen LogP contribution in [0.5, 0.6) is 0 Å². The fraction of sp³-hybridized carbons (Fsp3) is 0.462. The Morgan fingerprint density at radius 1 is 1.27 bits per heavy atom. The van der Waals surface area contributed by atoms with Crippen LogP contribution < -0.4 is 0 Å². The second kappa shape index (κ2) is 3.69. The molecule has 0 amide bonds. The molecule has 2 heteroatoms. The van der Waals surface area contributed by atoms with Crippen LogP contribution in [-0.4, -0.2) is 9.78 Å². The smallest absolute Gasteiger partial charge is 0.0688 e. The van der Waals surface area contributed by atoms with Crippen LogP contribution >= 0.6 is 0 Å². The number of benzene rings is 1.